The number of fused-ring (bicyclic) bond motifs is 2. The van der Waals surface area contributed by atoms with E-state index in [0.29, 0.717) is 11.3 Å². The number of benzene rings is 2. The first kappa shape index (κ1) is 29.5. The molecule has 2 heterocycles. The highest BCUT2D eigenvalue weighted by atomic mass is 79.9. The van der Waals surface area contributed by atoms with Gasteiger partial charge in [-0.1, -0.05) is 18.2 Å². The Balaban J connectivity index is 0.000000146. The zero-order chi connectivity index (χ0) is 29.0. The maximum Gasteiger partial charge on any atom is 0.491 e. The van der Waals surface area contributed by atoms with Crippen molar-refractivity contribution < 1.29 is 27.6 Å². The van der Waals surface area contributed by atoms with E-state index >= 15 is 0 Å². The lowest BCUT2D eigenvalue weighted by atomic mass is 9.81. The van der Waals surface area contributed by atoms with Crippen LogP contribution in [0, 0.1) is 23.5 Å². The van der Waals surface area contributed by atoms with Gasteiger partial charge in [0.1, 0.15) is 0 Å². The molecule has 2 aromatic carbocycles. The van der Waals surface area contributed by atoms with Crippen LogP contribution < -0.4 is 16.9 Å². The van der Waals surface area contributed by atoms with Gasteiger partial charge in [-0.3, -0.25) is 0 Å². The second-order valence-electron chi connectivity index (χ2n) is 9.31. The van der Waals surface area contributed by atoms with Crippen LogP contribution in [-0.2, 0) is 25.7 Å². The monoisotopic (exact) mass is 616 g/mol. The van der Waals surface area contributed by atoms with Crippen LogP contribution in [0.25, 0.3) is 11.1 Å². The second kappa shape index (κ2) is 12.8. The Hall–Kier alpha value is -3.48. The van der Waals surface area contributed by atoms with Crippen molar-refractivity contribution in [3.8, 4) is 11.1 Å². The molecule has 0 fully saturated rings. The van der Waals surface area contributed by atoms with Gasteiger partial charge in [-0.25, -0.2) is 18.7 Å². The van der Waals surface area contributed by atoms with Crippen LogP contribution in [0.4, 0.5) is 28.9 Å². The van der Waals surface area contributed by atoms with Gasteiger partial charge >= 0.3 is 7.12 Å². The van der Waals surface area contributed by atoms with Crippen molar-refractivity contribution in [1.29, 1.82) is 0 Å². The smallest absolute Gasteiger partial charge is 0.423 e. The van der Waals surface area contributed by atoms with Crippen molar-refractivity contribution in [2.45, 2.75) is 38.5 Å². The molecule has 208 valence electrons. The third-order valence-corrected chi connectivity index (χ3v) is 7.58. The fourth-order valence-corrected chi connectivity index (χ4v) is 5.23. The minimum Gasteiger partial charge on any atom is -0.423 e. The molecule has 6 N–H and O–H groups in total. The molecule has 6 rings (SSSR count). The Labute approximate surface area is 237 Å². The number of nitrogens with zero attached hydrogens (tertiary/aromatic N) is 2. The number of aromatic nitrogens is 2. The van der Waals surface area contributed by atoms with Crippen LogP contribution in [0.15, 0.2) is 53.3 Å². The molecule has 0 bridgehead atoms. The third kappa shape index (κ3) is 6.29. The van der Waals surface area contributed by atoms with Crippen LogP contribution in [0.1, 0.15) is 35.1 Å². The van der Waals surface area contributed by atoms with Gasteiger partial charge in [-0.15, -0.1) is 0 Å². The van der Waals surface area contributed by atoms with E-state index in [-0.39, 0.29) is 5.56 Å². The summed E-state index contributed by atoms with van der Waals surface area (Å²) in [6, 6.07) is 10.4. The lowest BCUT2D eigenvalue weighted by Gasteiger charge is -2.11. The number of anilines is 2. The molecule has 0 atom stereocenters. The summed E-state index contributed by atoms with van der Waals surface area (Å²) in [5.74, 6) is -4.70. The van der Waals surface area contributed by atoms with E-state index in [1.54, 1.807) is 6.07 Å². The highest BCUT2D eigenvalue weighted by Gasteiger charge is 2.20. The summed E-state index contributed by atoms with van der Waals surface area (Å²) in [5.41, 5.74) is 18.8. The lowest BCUT2D eigenvalue weighted by Crippen LogP contribution is -2.33. The van der Waals surface area contributed by atoms with Crippen molar-refractivity contribution >= 4 is 39.9 Å². The van der Waals surface area contributed by atoms with Crippen molar-refractivity contribution in [2.75, 3.05) is 11.5 Å². The zero-order valence-corrected chi connectivity index (χ0v) is 22.9. The highest BCUT2D eigenvalue weighted by molar-refractivity contribution is 9.10. The molecule has 2 aliphatic rings. The van der Waals surface area contributed by atoms with Gasteiger partial charge in [0.05, 0.1) is 0 Å². The van der Waals surface area contributed by atoms with Gasteiger partial charge in [-0.2, -0.15) is 8.78 Å². The summed E-state index contributed by atoms with van der Waals surface area (Å²) in [6.45, 7) is 0. The minimum absolute atomic E-state index is 0.176. The van der Waals surface area contributed by atoms with E-state index in [1.165, 1.54) is 41.8 Å². The molecule has 0 spiro atoms. The van der Waals surface area contributed by atoms with Crippen molar-refractivity contribution in [1.82, 2.24) is 9.97 Å². The molecule has 0 aliphatic heterocycles. The van der Waals surface area contributed by atoms with Gasteiger partial charge < -0.3 is 21.5 Å². The molecule has 0 amide bonds. The van der Waals surface area contributed by atoms with Crippen LogP contribution in [0.3, 0.4) is 0 Å². The molecule has 2 aromatic heterocycles. The number of aryl methyl sites for hydroxylation is 2. The summed E-state index contributed by atoms with van der Waals surface area (Å²) in [4.78, 5) is 6.24. The largest absolute Gasteiger partial charge is 0.491 e. The Morgan fingerprint density at radius 1 is 0.675 bits per heavy atom. The molecule has 0 saturated heterocycles. The molecule has 12 heteroatoms. The van der Waals surface area contributed by atoms with Crippen molar-refractivity contribution in [3.63, 3.8) is 0 Å². The van der Waals surface area contributed by atoms with E-state index < -0.39 is 36.1 Å². The molecule has 6 nitrogen and oxygen atoms in total. The average Bonchev–Trinajstić information content (AvgIpc) is 3.61. The fourth-order valence-electron chi connectivity index (χ4n) is 4.85. The number of hydrogen-bond donors (Lipinski definition) is 4. The van der Waals surface area contributed by atoms with Crippen LogP contribution in [0.2, 0.25) is 0 Å². The van der Waals surface area contributed by atoms with E-state index in [9.17, 15) is 17.6 Å². The van der Waals surface area contributed by atoms with Crippen LogP contribution in [-0.4, -0.2) is 27.1 Å². The number of halogens is 5. The molecule has 2 aliphatic carbocycles. The number of pyridine rings is 2. The quantitative estimate of drug-likeness (QED) is 0.113. The molecule has 4 aromatic rings. The van der Waals surface area contributed by atoms with E-state index in [4.69, 9.17) is 21.5 Å². The molecular formula is C28H26BBrF4N4O2. The molecule has 0 unspecified atom stereocenters. The maximum absolute atomic E-state index is 13.7. The minimum atomic E-state index is -2.01. The number of nitrogen functional groups attached to an aromatic ring is 2. The summed E-state index contributed by atoms with van der Waals surface area (Å²) >= 11 is 3.42. The molecule has 0 saturated carbocycles. The Morgan fingerprint density at radius 2 is 1.23 bits per heavy atom. The molecular weight excluding hydrogens is 591 g/mol. The standard InChI is InChI=1S/C14H12F2N2.C9H10BrN.C5H4BF2NO2/c15-12-10(6-7-18-14(12)16)11-5-4-8-2-1-3-9(8)13(11)17;10-8-5-4-6-2-1-3-7(6)9(8)11;7-4-3(6(10)11)1-2-9-5(4)8/h4-7H,1-3,17H2;4-5H,1-3,11H2;1-2,10-11H. The predicted octanol–water partition coefficient (Wildman–Crippen LogP) is 4.66. The average molecular weight is 617 g/mol. The summed E-state index contributed by atoms with van der Waals surface area (Å²) in [7, 11) is -2.01. The summed E-state index contributed by atoms with van der Waals surface area (Å²) in [5, 5.41) is 16.9. The molecule has 40 heavy (non-hydrogen) atoms. The Bertz CT molecular complexity index is 1540. The van der Waals surface area contributed by atoms with E-state index in [0.717, 1.165) is 53.7 Å². The van der Waals surface area contributed by atoms with Gasteiger partial charge in [0.25, 0.3) is 0 Å². The van der Waals surface area contributed by atoms with Gasteiger partial charge in [0.2, 0.25) is 11.9 Å². The fraction of sp³-hybridized carbons (Fsp3) is 0.214. The van der Waals surface area contributed by atoms with E-state index in [1.807, 2.05) is 12.1 Å². The van der Waals surface area contributed by atoms with Crippen molar-refractivity contribution in [3.05, 3.63) is 99.0 Å². The summed E-state index contributed by atoms with van der Waals surface area (Å²) < 4.78 is 52.6. The third-order valence-electron chi connectivity index (χ3n) is 6.89. The first-order valence-corrected chi connectivity index (χ1v) is 13.3. The number of nitrogens with two attached hydrogens (primary N) is 2. The first-order valence-electron chi connectivity index (χ1n) is 12.5. The molecule has 0 radical (unpaired) electrons. The van der Waals surface area contributed by atoms with Crippen LogP contribution >= 0.6 is 15.9 Å². The summed E-state index contributed by atoms with van der Waals surface area (Å²) in [6.07, 6.45) is 8.80. The van der Waals surface area contributed by atoms with E-state index in [2.05, 4.69) is 32.0 Å². The lowest BCUT2D eigenvalue weighted by molar-refractivity contribution is 0.418. The van der Waals surface area contributed by atoms with Gasteiger partial charge in [-0.05, 0) is 94.9 Å². The van der Waals surface area contributed by atoms with Crippen LogP contribution in [0.5, 0.6) is 0 Å². The highest BCUT2D eigenvalue weighted by Crippen LogP contribution is 2.36. The SMILES string of the molecule is Nc1c(-c2ccnc(F)c2F)ccc2c1CCC2.Nc1c(Br)ccc2c1CCC2.OB(O)c1ccnc(F)c1F. The topological polar surface area (TPSA) is 118 Å². The second-order valence-corrected chi connectivity index (χ2v) is 10.2. The normalized spacial score (nSPS) is 13.0. The number of hydrogen-bond acceptors (Lipinski definition) is 6. The number of rotatable bonds is 2. The van der Waals surface area contributed by atoms with Gasteiger partial charge in [0, 0.05) is 44.8 Å². The zero-order valence-electron chi connectivity index (χ0n) is 21.3. The maximum atomic E-state index is 13.7. The van der Waals surface area contributed by atoms with Gasteiger partial charge in [0.15, 0.2) is 11.6 Å². The van der Waals surface area contributed by atoms with Crippen molar-refractivity contribution in [2.24, 2.45) is 0 Å². The first-order chi connectivity index (χ1) is 19.1. The Morgan fingerprint density at radius 3 is 1.82 bits per heavy atom. The Kier molecular flexibility index (Phi) is 9.44. The predicted molar refractivity (Wildman–Crippen MR) is 151 cm³/mol.